The van der Waals surface area contributed by atoms with E-state index in [4.69, 9.17) is 28.2 Å². The van der Waals surface area contributed by atoms with Crippen LogP contribution in [-0.4, -0.2) is 15.0 Å². The Kier molecular flexibility index (Phi) is 5.98. The standard InChI is InChI=1S/C45H27N3O3/c1-2-8-26(9-3-1)43-46-44(29-14-18-33-31-10-4-6-12-37(31)50-41(33)24-29)48-45(47-43)30-15-19-34-36-23-28(17-21-40(36)51-42(34)25-30)27-16-20-39-35(22-27)32-11-5-7-13-38(32)49-39/h1-5,7-11,13-25H,6,12H2. The Balaban J connectivity index is 1.02. The molecule has 0 saturated carbocycles. The minimum absolute atomic E-state index is 0.573. The molecule has 11 rings (SSSR count). The fraction of sp³-hybridized carbons (Fsp3) is 0.0444. The normalized spacial score (nSPS) is 12.9. The van der Waals surface area contributed by atoms with Crippen molar-refractivity contribution in [2.24, 2.45) is 0 Å². The number of allylic oxidation sites excluding steroid dienone is 1. The lowest BCUT2D eigenvalue weighted by Crippen LogP contribution is -2.00. The molecule has 1 aliphatic carbocycles. The number of para-hydroxylation sites is 1. The molecular formula is C45H27N3O3. The summed E-state index contributed by atoms with van der Waals surface area (Å²) in [4.78, 5) is 14.9. The van der Waals surface area contributed by atoms with Gasteiger partial charge in [0.15, 0.2) is 17.5 Å². The Labute approximate surface area is 291 Å². The van der Waals surface area contributed by atoms with Crippen LogP contribution in [-0.2, 0) is 6.42 Å². The van der Waals surface area contributed by atoms with Crippen LogP contribution < -0.4 is 0 Å². The zero-order valence-electron chi connectivity index (χ0n) is 27.3. The molecule has 0 radical (unpaired) electrons. The van der Waals surface area contributed by atoms with Crippen LogP contribution in [0.3, 0.4) is 0 Å². The van der Waals surface area contributed by atoms with Crippen molar-refractivity contribution < 1.29 is 13.3 Å². The predicted molar refractivity (Wildman–Crippen MR) is 203 cm³/mol. The van der Waals surface area contributed by atoms with Crippen molar-refractivity contribution in [2.45, 2.75) is 12.8 Å². The molecule has 10 aromatic rings. The topological polar surface area (TPSA) is 78.1 Å². The molecule has 4 heterocycles. The van der Waals surface area contributed by atoms with Crippen LogP contribution in [0.25, 0.3) is 106 Å². The molecule has 240 valence electrons. The van der Waals surface area contributed by atoms with Crippen LogP contribution in [0.4, 0.5) is 0 Å². The lowest BCUT2D eigenvalue weighted by molar-refractivity contribution is 0.546. The highest BCUT2D eigenvalue weighted by molar-refractivity contribution is 6.09. The molecule has 0 bridgehead atoms. The van der Waals surface area contributed by atoms with Crippen LogP contribution in [0.2, 0.25) is 0 Å². The van der Waals surface area contributed by atoms with Gasteiger partial charge in [0.1, 0.15) is 33.7 Å². The van der Waals surface area contributed by atoms with Gasteiger partial charge in [0, 0.05) is 55.6 Å². The van der Waals surface area contributed by atoms with E-state index in [2.05, 4.69) is 78.9 Å². The fourth-order valence-corrected chi connectivity index (χ4v) is 7.44. The van der Waals surface area contributed by atoms with E-state index in [1.165, 1.54) is 5.56 Å². The Morgan fingerprint density at radius 3 is 1.67 bits per heavy atom. The molecule has 0 atom stereocenters. The van der Waals surface area contributed by atoms with E-state index < -0.39 is 0 Å². The van der Waals surface area contributed by atoms with Gasteiger partial charge < -0.3 is 13.3 Å². The highest BCUT2D eigenvalue weighted by Gasteiger charge is 2.19. The average molecular weight is 658 g/mol. The van der Waals surface area contributed by atoms with E-state index in [0.29, 0.717) is 17.5 Å². The van der Waals surface area contributed by atoms with Crippen LogP contribution in [0.5, 0.6) is 0 Å². The van der Waals surface area contributed by atoms with Crippen molar-refractivity contribution in [3.05, 3.63) is 145 Å². The number of aromatic nitrogens is 3. The summed E-state index contributed by atoms with van der Waals surface area (Å²) in [5.41, 5.74) is 10.3. The number of fused-ring (bicyclic) bond motifs is 9. The molecule has 0 amide bonds. The molecule has 51 heavy (non-hydrogen) atoms. The third-order valence-corrected chi connectivity index (χ3v) is 9.99. The lowest BCUT2D eigenvalue weighted by atomic mass is 10.0. The molecular weight excluding hydrogens is 631 g/mol. The number of rotatable bonds is 4. The van der Waals surface area contributed by atoms with Gasteiger partial charge in [0.2, 0.25) is 0 Å². The van der Waals surface area contributed by atoms with Crippen LogP contribution in [0, 0.1) is 0 Å². The summed E-state index contributed by atoms with van der Waals surface area (Å²) in [6.07, 6.45) is 6.27. The second-order valence-electron chi connectivity index (χ2n) is 13.1. The van der Waals surface area contributed by atoms with Gasteiger partial charge in [0.25, 0.3) is 0 Å². The van der Waals surface area contributed by atoms with Gasteiger partial charge in [-0.2, -0.15) is 0 Å². The molecule has 0 saturated heterocycles. The van der Waals surface area contributed by atoms with Gasteiger partial charge in [-0.1, -0.05) is 84.9 Å². The number of aryl methyl sites for hydroxylation is 1. The number of hydrogen-bond acceptors (Lipinski definition) is 6. The van der Waals surface area contributed by atoms with Gasteiger partial charge in [-0.25, -0.2) is 15.0 Å². The number of hydrogen-bond donors (Lipinski definition) is 0. The first kappa shape index (κ1) is 28.1. The summed E-state index contributed by atoms with van der Waals surface area (Å²) in [6, 6.07) is 43.4. The minimum Gasteiger partial charge on any atom is -0.460 e. The van der Waals surface area contributed by atoms with Gasteiger partial charge in [-0.05, 0) is 72.1 Å². The molecule has 6 heteroatoms. The van der Waals surface area contributed by atoms with Crippen molar-refractivity contribution in [3.63, 3.8) is 0 Å². The lowest BCUT2D eigenvalue weighted by Gasteiger charge is -2.08. The van der Waals surface area contributed by atoms with Crippen molar-refractivity contribution in [3.8, 4) is 45.3 Å². The number of nitrogens with zero attached hydrogens (tertiary/aromatic N) is 3. The molecule has 4 aromatic heterocycles. The molecule has 0 N–H and O–H groups in total. The van der Waals surface area contributed by atoms with Gasteiger partial charge in [-0.15, -0.1) is 0 Å². The molecule has 1 aliphatic rings. The Morgan fingerprint density at radius 2 is 0.941 bits per heavy atom. The summed E-state index contributed by atoms with van der Waals surface area (Å²) in [6.45, 7) is 0. The van der Waals surface area contributed by atoms with E-state index in [9.17, 15) is 0 Å². The summed E-state index contributed by atoms with van der Waals surface area (Å²) in [5.74, 6) is 2.80. The number of benzene rings is 6. The second-order valence-corrected chi connectivity index (χ2v) is 13.1. The molecule has 0 fully saturated rings. The van der Waals surface area contributed by atoms with Crippen molar-refractivity contribution in [1.29, 1.82) is 0 Å². The Hall–Kier alpha value is -6.79. The van der Waals surface area contributed by atoms with Crippen LogP contribution in [0.15, 0.2) is 147 Å². The highest BCUT2D eigenvalue weighted by atomic mass is 16.3. The van der Waals surface area contributed by atoms with E-state index in [-0.39, 0.29) is 0 Å². The van der Waals surface area contributed by atoms with Crippen molar-refractivity contribution in [1.82, 2.24) is 15.0 Å². The largest absolute Gasteiger partial charge is 0.460 e. The fourth-order valence-electron chi connectivity index (χ4n) is 7.44. The quantitative estimate of drug-likeness (QED) is 0.187. The van der Waals surface area contributed by atoms with Gasteiger partial charge in [0.05, 0.1) is 0 Å². The molecule has 0 spiro atoms. The maximum Gasteiger partial charge on any atom is 0.164 e. The summed E-state index contributed by atoms with van der Waals surface area (Å²) < 4.78 is 18.8. The van der Waals surface area contributed by atoms with Crippen molar-refractivity contribution in [2.75, 3.05) is 0 Å². The SMILES string of the molecule is C1=Cc2c(oc3cc(-c4nc(-c5ccccc5)nc(-c5ccc6c(c5)oc5ccc(-c7ccc8oc9ccccc9c8c7)cc56)n4)ccc23)CC1. The zero-order valence-corrected chi connectivity index (χ0v) is 27.3. The molecule has 6 aromatic carbocycles. The average Bonchev–Trinajstić information content (AvgIpc) is 3.88. The van der Waals surface area contributed by atoms with Crippen LogP contribution >= 0.6 is 0 Å². The summed E-state index contributed by atoms with van der Waals surface area (Å²) >= 11 is 0. The third-order valence-electron chi connectivity index (χ3n) is 9.99. The Bertz CT molecular complexity index is 3040. The van der Waals surface area contributed by atoms with Gasteiger partial charge in [-0.3, -0.25) is 0 Å². The zero-order chi connectivity index (χ0) is 33.5. The second kappa shape index (κ2) is 10.9. The van der Waals surface area contributed by atoms with E-state index >= 15 is 0 Å². The monoisotopic (exact) mass is 657 g/mol. The smallest absolute Gasteiger partial charge is 0.164 e. The first-order chi connectivity index (χ1) is 25.2. The third kappa shape index (κ3) is 4.53. The van der Waals surface area contributed by atoms with Crippen LogP contribution in [0.1, 0.15) is 17.7 Å². The van der Waals surface area contributed by atoms with Crippen molar-refractivity contribution >= 4 is 60.9 Å². The summed E-state index contributed by atoms with van der Waals surface area (Å²) in [5, 5.41) is 5.42. The molecule has 0 unspecified atom stereocenters. The van der Waals surface area contributed by atoms with E-state index in [1.807, 2.05) is 60.7 Å². The minimum atomic E-state index is 0.573. The first-order valence-corrected chi connectivity index (χ1v) is 17.1. The maximum absolute atomic E-state index is 6.43. The summed E-state index contributed by atoms with van der Waals surface area (Å²) in [7, 11) is 0. The predicted octanol–water partition coefficient (Wildman–Crippen LogP) is 12.0. The maximum atomic E-state index is 6.43. The van der Waals surface area contributed by atoms with E-state index in [1.54, 1.807) is 0 Å². The van der Waals surface area contributed by atoms with E-state index in [0.717, 1.165) is 101 Å². The molecule has 0 aliphatic heterocycles. The number of furan rings is 3. The highest BCUT2D eigenvalue weighted by Crippen LogP contribution is 2.38. The molecule has 6 nitrogen and oxygen atoms in total. The first-order valence-electron chi connectivity index (χ1n) is 17.1. The Morgan fingerprint density at radius 1 is 0.392 bits per heavy atom. The van der Waals surface area contributed by atoms with Gasteiger partial charge >= 0.3 is 0 Å².